The van der Waals surface area contributed by atoms with Crippen molar-refractivity contribution in [1.29, 1.82) is 0 Å². The van der Waals surface area contributed by atoms with Gasteiger partial charge in [0, 0.05) is 23.4 Å². The van der Waals surface area contributed by atoms with Crippen LogP contribution < -0.4 is 10.6 Å². The van der Waals surface area contributed by atoms with Crippen molar-refractivity contribution in [3.63, 3.8) is 0 Å². The van der Waals surface area contributed by atoms with Crippen LogP contribution in [0.3, 0.4) is 0 Å². The van der Waals surface area contributed by atoms with E-state index in [9.17, 15) is 29.3 Å². The van der Waals surface area contributed by atoms with Crippen molar-refractivity contribution >= 4 is 29.8 Å². The number of rotatable bonds is 10. The fourth-order valence-electron chi connectivity index (χ4n) is 3.78. The summed E-state index contributed by atoms with van der Waals surface area (Å²) in [4.78, 5) is 61.6. The summed E-state index contributed by atoms with van der Waals surface area (Å²) in [7, 11) is 0. The second kappa shape index (κ2) is 11.9. The molecule has 0 fully saturated rings. The lowest BCUT2D eigenvalue weighted by Gasteiger charge is -2.31. The van der Waals surface area contributed by atoms with Crippen LogP contribution in [-0.2, 0) is 28.7 Å². The Bertz CT molecular complexity index is 1090. The topological polar surface area (TPSA) is 154 Å². The molecule has 2 N–H and O–H groups in total. The molecule has 35 heavy (non-hydrogen) atoms. The van der Waals surface area contributed by atoms with Gasteiger partial charge in [0.05, 0.1) is 35.3 Å². The first-order chi connectivity index (χ1) is 16.6. The first-order valence-corrected chi connectivity index (χ1v) is 11.1. The molecule has 2 rings (SSSR count). The number of aldehydes is 1. The average molecular weight is 488 g/mol. The zero-order valence-electron chi connectivity index (χ0n) is 20.2. The molecule has 0 aromatic heterocycles. The van der Waals surface area contributed by atoms with Crippen LogP contribution in [-0.4, -0.2) is 48.3 Å². The number of amides is 1. The highest BCUT2D eigenvalue weighted by Gasteiger charge is 2.40. The van der Waals surface area contributed by atoms with Gasteiger partial charge in [-0.1, -0.05) is 26.0 Å². The minimum Gasteiger partial charge on any atom is -0.464 e. The summed E-state index contributed by atoms with van der Waals surface area (Å²) >= 11 is 0. The van der Waals surface area contributed by atoms with E-state index in [1.165, 1.54) is 31.2 Å². The number of carbonyl (C=O) groups excluding carboxylic acids is 4. The SMILES string of the molecule is CCOC(=O)C1=C(C=O)NC(C)=C(C(=O)N[C@H](C(=O)OCC)C(C)C)C1c1cccc([N+](=O)[O-])c1. The third-order valence-corrected chi connectivity index (χ3v) is 5.36. The zero-order valence-corrected chi connectivity index (χ0v) is 20.2. The summed E-state index contributed by atoms with van der Waals surface area (Å²) in [6.07, 6.45) is 0.421. The molecule has 1 aromatic carbocycles. The highest BCUT2D eigenvalue weighted by atomic mass is 16.6. The van der Waals surface area contributed by atoms with E-state index in [2.05, 4.69) is 10.6 Å². The van der Waals surface area contributed by atoms with Crippen LogP contribution in [0.5, 0.6) is 0 Å². The Hall–Kier alpha value is -4.02. The lowest BCUT2D eigenvalue weighted by molar-refractivity contribution is -0.384. The third-order valence-electron chi connectivity index (χ3n) is 5.36. The van der Waals surface area contributed by atoms with Crippen LogP contribution >= 0.6 is 0 Å². The maximum atomic E-state index is 13.5. The van der Waals surface area contributed by atoms with E-state index in [4.69, 9.17) is 9.47 Å². The minimum atomic E-state index is -1.18. The molecule has 11 heteroatoms. The van der Waals surface area contributed by atoms with Crippen molar-refractivity contribution in [1.82, 2.24) is 10.6 Å². The number of nitrogens with one attached hydrogen (secondary N) is 2. The highest BCUT2D eigenvalue weighted by Crippen LogP contribution is 2.39. The standard InChI is InChI=1S/C24H29N3O8/c1-6-34-23(30)20-17(12-28)25-14(5)18(19(20)15-9-8-10-16(11-15)27(32)33)22(29)26-21(13(3)4)24(31)35-7-2/h8-13,19,21,25H,6-7H2,1-5H3,(H,26,29)/t19?,21-/m0/s1. The Morgan fingerprint density at radius 2 is 1.83 bits per heavy atom. The van der Waals surface area contributed by atoms with E-state index < -0.39 is 34.7 Å². The molecule has 1 aliphatic rings. The van der Waals surface area contributed by atoms with Gasteiger partial charge >= 0.3 is 11.9 Å². The largest absolute Gasteiger partial charge is 0.464 e. The summed E-state index contributed by atoms with van der Waals surface area (Å²) in [6.45, 7) is 8.33. The summed E-state index contributed by atoms with van der Waals surface area (Å²) in [6, 6.07) is 4.43. The van der Waals surface area contributed by atoms with Crippen molar-refractivity contribution in [2.75, 3.05) is 13.2 Å². The average Bonchev–Trinajstić information content (AvgIpc) is 2.81. The second-order valence-electron chi connectivity index (χ2n) is 8.06. The zero-order chi connectivity index (χ0) is 26.3. The van der Waals surface area contributed by atoms with Gasteiger partial charge < -0.3 is 20.1 Å². The number of carbonyl (C=O) groups is 4. The van der Waals surface area contributed by atoms with Gasteiger partial charge in [0.15, 0.2) is 6.29 Å². The van der Waals surface area contributed by atoms with Gasteiger partial charge in [0.2, 0.25) is 0 Å². The Morgan fingerprint density at radius 1 is 1.17 bits per heavy atom. The molecule has 1 aliphatic heterocycles. The lowest BCUT2D eigenvalue weighted by atomic mass is 9.79. The molecule has 188 valence electrons. The van der Waals surface area contributed by atoms with E-state index in [1.807, 2.05) is 0 Å². The number of dihydropyridines is 1. The molecule has 2 atom stereocenters. The molecule has 0 spiro atoms. The molecule has 0 saturated carbocycles. The van der Waals surface area contributed by atoms with Gasteiger partial charge in [-0.15, -0.1) is 0 Å². The first-order valence-electron chi connectivity index (χ1n) is 11.1. The first kappa shape index (κ1) is 27.2. The van der Waals surface area contributed by atoms with Crippen molar-refractivity contribution < 1.29 is 33.6 Å². The molecule has 11 nitrogen and oxygen atoms in total. The molecular weight excluding hydrogens is 458 g/mol. The monoisotopic (exact) mass is 487 g/mol. The number of esters is 2. The number of nitrogens with zero attached hydrogens (tertiary/aromatic N) is 1. The van der Waals surface area contributed by atoms with E-state index in [0.717, 1.165) is 0 Å². The van der Waals surface area contributed by atoms with Gasteiger partial charge in [-0.3, -0.25) is 19.7 Å². The number of non-ortho nitro benzene ring substituents is 1. The number of nitro groups is 1. The summed E-state index contributed by atoms with van der Waals surface area (Å²) in [5.41, 5.74) is -0.0875. The fourth-order valence-corrected chi connectivity index (χ4v) is 3.78. The Morgan fingerprint density at radius 3 is 2.37 bits per heavy atom. The van der Waals surface area contributed by atoms with Crippen molar-refractivity contribution in [2.45, 2.75) is 46.6 Å². The summed E-state index contributed by atoms with van der Waals surface area (Å²) < 4.78 is 10.2. The Kier molecular flexibility index (Phi) is 9.26. The fraction of sp³-hybridized carbons (Fsp3) is 0.417. The number of hydrogen-bond acceptors (Lipinski definition) is 9. The smallest absolute Gasteiger partial charge is 0.337 e. The van der Waals surface area contributed by atoms with Crippen LogP contribution in [0.4, 0.5) is 5.69 Å². The Balaban J connectivity index is 2.69. The van der Waals surface area contributed by atoms with Crippen LogP contribution in [0.25, 0.3) is 0 Å². The van der Waals surface area contributed by atoms with Crippen molar-refractivity contribution in [3.05, 3.63) is 62.5 Å². The summed E-state index contributed by atoms with van der Waals surface area (Å²) in [5, 5.41) is 16.8. The second-order valence-corrected chi connectivity index (χ2v) is 8.06. The molecule has 1 unspecified atom stereocenters. The highest BCUT2D eigenvalue weighted by molar-refractivity contribution is 6.05. The molecule has 1 amide bonds. The normalized spacial score (nSPS) is 16.3. The quantitative estimate of drug-likeness (QED) is 0.219. The summed E-state index contributed by atoms with van der Waals surface area (Å²) in [5.74, 6) is -3.69. The van der Waals surface area contributed by atoms with E-state index in [0.29, 0.717) is 6.29 Å². The van der Waals surface area contributed by atoms with Crippen molar-refractivity contribution in [2.24, 2.45) is 5.92 Å². The molecule has 0 saturated heterocycles. The number of benzene rings is 1. The predicted octanol–water partition coefficient (Wildman–Crippen LogP) is 2.28. The van der Waals surface area contributed by atoms with Gasteiger partial charge in [0.25, 0.3) is 11.6 Å². The Labute approximate surface area is 202 Å². The van der Waals surface area contributed by atoms with Gasteiger partial charge in [-0.05, 0) is 32.3 Å². The van der Waals surface area contributed by atoms with Crippen LogP contribution in [0.2, 0.25) is 0 Å². The number of nitro benzene ring substituents is 1. The number of allylic oxidation sites excluding steroid dienone is 2. The van der Waals surface area contributed by atoms with E-state index >= 15 is 0 Å². The molecule has 1 aromatic rings. The third kappa shape index (κ3) is 6.11. The van der Waals surface area contributed by atoms with Gasteiger partial charge in [-0.25, -0.2) is 9.59 Å². The number of ether oxygens (including phenoxy) is 2. The molecule has 0 aliphatic carbocycles. The van der Waals surface area contributed by atoms with Crippen LogP contribution in [0.1, 0.15) is 46.1 Å². The van der Waals surface area contributed by atoms with E-state index in [-0.39, 0.29) is 52.9 Å². The van der Waals surface area contributed by atoms with Crippen LogP contribution in [0, 0.1) is 16.0 Å². The molecule has 0 radical (unpaired) electrons. The maximum absolute atomic E-state index is 13.5. The van der Waals surface area contributed by atoms with Crippen LogP contribution in [0.15, 0.2) is 46.8 Å². The van der Waals surface area contributed by atoms with Gasteiger partial charge in [0.1, 0.15) is 6.04 Å². The molecule has 1 heterocycles. The maximum Gasteiger partial charge on any atom is 0.337 e. The lowest BCUT2D eigenvalue weighted by Crippen LogP contribution is -2.47. The number of hydrogen-bond donors (Lipinski definition) is 2. The predicted molar refractivity (Wildman–Crippen MR) is 125 cm³/mol. The van der Waals surface area contributed by atoms with E-state index in [1.54, 1.807) is 27.7 Å². The van der Waals surface area contributed by atoms with Gasteiger partial charge in [-0.2, -0.15) is 0 Å². The van der Waals surface area contributed by atoms with Crippen molar-refractivity contribution in [3.8, 4) is 0 Å². The molecule has 0 bridgehead atoms. The minimum absolute atomic E-state index is 0.00135. The molecular formula is C24H29N3O8.